The van der Waals surface area contributed by atoms with Crippen LogP contribution in [0.5, 0.6) is 0 Å². The molecule has 8 saturated carbocycles. The average Bonchev–Trinajstić information content (AvgIpc) is 2.56. The molecule has 0 amide bonds. The van der Waals surface area contributed by atoms with E-state index in [-0.39, 0.29) is 5.92 Å². The number of hydrogen-bond acceptors (Lipinski definition) is 3. The molecule has 8 bridgehead atoms. The summed E-state index contributed by atoms with van der Waals surface area (Å²) < 4.78 is 0. The predicted molar refractivity (Wildman–Crippen MR) is 127 cm³/mol. The van der Waals surface area contributed by atoms with Gasteiger partial charge in [-0.3, -0.25) is 14.4 Å². The molecule has 8 aliphatic carbocycles. The summed E-state index contributed by atoms with van der Waals surface area (Å²) in [4.78, 5) is 35.7. The third-order valence-electron chi connectivity index (χ3n) is 10.2. The molecule has 0 spiro atoms. The van der Waals surface area contributed by atoms with Crippen molar-refractivity contribution >= 4 is 50.5 Å². The summed E-state index contributed by atoms with van der Waals surface area (Å²) in [6.07, 6.45) is 12.2. The summed E-state index contributed by atoms with van der Waals surface area (Å²) in [6, 6.07) is 0. The van der Waals surface area contributed by atoms with Crippen LogP contribution >= 0.6 is 34.8 Å². The second kappa shape index (κ2) is 6.97. The first kappa shape index (κ1) is 23.6. The molecule has 178 valence electrons. The summed E-state index contributed by atoms with van der Waals surface area (Å²) in [6.45, 7) is 7.65. The fraction of sp³-hybridized carbons (Fsp3) is 0.885. The van der Waals surface area contributed by atoms with E-state index < -0.39 is 32.0 Å². The highest BCUT2D eigenvalue weighted by atomic mass is 35.5. The number of rotatable bonds is 3. The molecule has 0 heterocycles. The number of carbonyl (C=O) groups excluding carboxylic acids is 3. The van der Waals surface area contributed by atoms with E-state index in [1.807, 2.05) is 0 Å². The smallest absolute Gasteiger partial charge is 0.227 e. The molecule has 0 aromatic rings. The van der Waals surface area contributed by atoms with Crippen molar-refractivity contribution < 1.29 is 14.4 Å². The maximum absolute atomic E-state index is 11.9. The van der Waals surface area contributed by atoms with Crippen LogP contribution in [-0.4, -0.2) is 15.7 Å². The molecule has 3 nitrogen and oxygen atoms in total. The van der Waals surface area contributed by atoms with Crippen molar-refractivity contribution in [2.75, 3.05) is 0 Å². The van der Waals surface area contributed by atoms with Crippen LogP contribution in [0.1, 0.15) is 97.8 Å². The zero-order chi connectivity index (χ0) is 23.4. The lowest BCUT2D eigenvalue weighted by molar-refractivity contribution is -0.174. The minimum absolute atomic E-state index is 0.129. The van der Waals surface area contributed by atoms with Gasteiger partial charge in [-0.2, -0.15) is 0 Å². The van der Waals surface area contributed by atoms with Crippen LogP contribution in [0.15, 0.2) is 0 Å². The second-order valence-electron chi connectivity index (χ2n) is 14.1. The van der Waals surface area contributed by atoms with Gasteiger partial charge in [0.25, 0.3) is 0 Å². The molecule has 0 radical (unpaired) electrons. The lowest BCUT2D eigenvalue weighted by Gasteiger charge is -2.64. The average molecular weight is 502 g/mol. The van der Waals surface area contributed by atoms with E-state index in [9.17, 15) is 14.4 Å². The number of hydrogen-bond donors (Lipinski definition) is 0. The summed E-state index contributed by atoms with van der Waals surface area (Å²) >= 11 is 17.4. The molecule has 6 heteroatoms. The van der Waals surface area contributed by atoms with Gasteiger partial charge in [-0.1, -0.05) is 20.8 Å². The van der Waals surface area contributed by atoms with Gasteiger partial charge in [-0.25, -0.2) is 0 Å². The van der Waals surface area contributed by atoms with Crippen molar-refractivity contribution in [3.05, 3.63) is 0 Å². The van der Waals surface area contributed by atoms with Crippen molar-refractivity contribution in [1.29, 1.82) is 0 Å². The summed E-state index contributed by atoms with van der Waals surface area (Å²) in [7, 11) is 0. The molecule has 8 aliphatic rings. The van der Waals surface area contributed by atoms with E-state index in [0.29, 0.717) is 38.5 Å². The highest BCUT2D eigenvalue weighted by Gasteiger charge is 2.69. The molecule has 0 aliphatic heterocycles. The normalized spacial score (nSPS) is 54.2. The molecular formula is C26H35Cl3O3. The van der Waals surface area contributed by atoms with Crippen LogP contribution < -0.4 is 0 Å². The Hall–Kier alpha value is -0.120. The Bertz CT molecular complexity index is 767. The van der Waals surface area contributed by atoms with Gasteiger partial charge < -0.3 is 0 Å². The van der Waals surface area contributed by atoms with Crippen LogP contribution in [0.2, 0.25) is 0 Å². The van der Waals surface area contributed by atoms with Crippen LogP contribution in [0, 0.1) is 44.3 Å². The monoisotopic (exact) mass is 500 g/mol. The Morgan fingerprint density at radius 2 is 0.750 bits per heavy atom. The Morgan fingerprint density at radius 3 is 0.969 bits per heavy atom. The Kier molecular flexibility index (Phi) is 5.15. The highest BCUT2D eigenvalue weighted by molar-refractivity contribution is 6.67. The molecule has 0 saturated heterocycles. The first-order chi connectivity index (χ1) is 14.6. The molecule has 0 N–H and O–H groups in total. The predicted octanol–water partition coefficient (Wildman–Crippen LogP) is 7.24. The molecular weight excluding hydrogens is 467 g/mol. The van der Waals surface area contributed by atoms with Gasteiger partial charge >= 0.3 is 0 Å². The SMILES string of the molecule is CC12CC3CC(C)(C1)CC(C)(C3)C2.O=C(Cl)C12CC3CC(C(=O)Cl)(C1)CC(C(=O)Cl)(C3)C2. The Morgan fingerprint density at radius 1 is 0.500 bits per heavy atom. The fourth-order valence-corrected chi connectivity index (χ4v) is 11.7. The summed E-state index contributed by atoms with van der Waals surface area (Å²) in [5.41, 5.74) is -0.211. The maximum Gasteiger partial charge on any atom is 0.227 e. The van der Waals surface area contributed by atoms with Gasteiger partial charge in [0.2, 0.25) is 15.7 Å². The molecule has 0 aromatic carbocycles. The topological polar surface area (TPSA) is 51.2 Å². The lowest BCUT2D eigenvalue weighted by atomic mass is 9.40. The lowest BCUT2D eigenvalue weighted by Crippen LogP contribution is -2.61. The fourth-order valence-electron chi connectivity index (χ4n) is 11.1. The van der Waals surface area contributed by atoms with E-state index >= 15 is 0 Å². The highest BCUT2D eigenvalue weighted by Crippen LogP contribution is 2.71. The van der Waals surface area contributed by atoms with Crippen LogP contribution in [-0.2, 0) is 14.4 Å². The van der Waals surface area contributed by atoms with Gasteiger partial charge in [-0.15, -0.1) is 0 Å². The Balaban J connectivity index is 0.000000144. The molecule has 8 rings (SSSR count). The van der Waals surface area contributed by atoms with Gasteiger partial charge in [0.15, 0.2) is 0 Å². The summed E-state index contributed by atoms with van der Waals surface area (Å²) in [5.74, 6) is 1.21. The zero-order valence-corrected chi connectivity index (χ0v) is 21.8. The number of halogens is 3. The third kappa shape index (κ3) is 3.54. The molecule has 8 fully saturated rings. The van der Waals surface area contributed by atoms with E-state index in [4.69, 9.17) is 34.8 Å². The minimum Gasteiger partial charge on any atom is -0.281 e. The number of carbonyl (C=O) groups is 3. The van der Waals surface area contributed by atoms with Gasteiger partial charge in [0.1, 0.15) is 0 Å². The minimum atomic E-state index is -0.796. The van der Waals surface area contributed by atoms with E-state index in [1.54, 1.807) is 0 Å². The van der Waals surface area contributed by atoms with Crippen molar-refractivity contribution in [2.24, 2.45) is 44.3 Å². The van der Waals surface area contributed by atoms with Crippen molar-refractivity contribution in [1.82, 2.24) is 0 Å². The zero-order valence-electron chi connectivity index (χ0n) is 19.5. The molecule has 32 heavy (non-hydrogen) atoms. The van der Waals surface area contributed by atoms with Gasteiger partial charge in [-0.05, 0) is 140 Å². The van der Waals surface area contributed by atoms with E-state index in [2.05, 4.69) is 20.8 Å². The second-order valence-corrected chi connectivity index (χ2v) is 15.1. The van der Waals surface area contributed by atoms with Crippen molar-refractivity contribution in [3.63, 3.8) is 0 Å². The Labute approximate surface area is 206 Å². The van der Waals surface area contributed by atoms with Crippen molar-refractivity contribution in [2.45, 2.75) is 97.8 Å². The van der Waals surface area contributed by atoms with E-state index in [0.717, 1.165) is 22.2 Å². The summed E-state index contributed by atoms with van der Waals surface area (Å²) in [5, 5.41) is -1.37. The van der Waals surface area contributed by atoms with Gasteiger partial charge in [0, 0.05) is 16.2 Å². The largest absolute Gasteiger partial charge is 0.281 e. The van der Waals surface area contributed by atoms with Crippen LogP contribution in [0.4, 0.5) is 0 Å². The first-order valence-electron chi connectivity index (χ1n) is 12.2. The maximum atomic E-state index is 11.9. The van der Waals surface area contributed by atoms with Crippen LogP contribution in [0.25, 0.3) is 0 Å². The molecule has 0 unspecified atom stereocenters. The molecule has 0 aromatic heterocycles. The standard InChI is InChI=1S/C13H13Cl3O3.C13H22/c14-8(17)11-1-7-2-12(4-11,9(15)18)6-13(3-7,5-11)10(16)19;1-11-4-10-5-12(2,7-11)9-13(3,6-10)8-11/h7H,1-6H2;10H,4-9H2,1-3H3. The van der Waals surface area contributed by atoms with Gasteiger partial charge in [0.05, 0.1) is 0 Å². The third-order valence-corrected chi connectivity index (χ3v) is 11.4. The van der Waals surface area contributed by atoms with Crippen LogP contribution in [0.3, 0.4) is 0 Å². The first-order valence-corrected chi connectivity index (χ1v) is 13.4. The van der Waals surface area contributed by atoms with E-state index in [1.165, 1.54) is 38.5 Å². The quantitative estimate of drug-likeness (QED) is 0.383. The van der Waals surface area contributed by atoms with Crippen molar-refractivity contribution in [3.8, 4) is 0 Å². The molecule has 0 atom stereocenters.